The molecular weight excluding hydrogens is 300 g/mol. The number of carbonyl (C=O) groups is 1. The van der Waals surface area contributed by atoms with Crippen LogP contribution in [0.25, 0.3) is 10.6 Å². The number of amides is 1. The van der Waals surface area contributed by atoms with Crippen LogP contribution in [0.2, 0.25) is 4.34 Å². The molecule has 0 aliphatic carbocycles. The van der Waals surface area contributed by atoms with Crippen molar-refractivity contribution in [2.75, 3.05) is 6.54 Å². The summed E-state index contributed by atoms with van der Waals surface area (Å²) in [5.74, 6) is 0.138. The van der Waals surface area contributed by atoms with Crippen molar-refractivity contribution < 1.29 is 14.4 Å². The largest absolute Gasteiger partial charge is 0.391 e. The number of aliphatic hydroxyl groups excluding tert-OH is 1. The SMILES string of the molecule is CCCC(O)CNC(=O)c1cc(-c2ccc(Cl)s2)on1. The number of aliphatic hydroxyl groups is 1. The molecule has 0 saturated heterocycles. The van der Waals surface area contributed by atoms with Gasteiger partial charge in [-0.2, -0.15) is 0 Å². The minimum absolute atomic E-state index is 0.188. The van der Waals surface area contributed by atoms with Crippen LogP contribution in [0.15, 0.2) is 22.7 Å². The lowest BCUT2D eigenvalue weighted by Gasteiger charge is -2.09. The zero-order valence-corrected chi connectivity index (χ0v) is 12.5. The second-order valence-corrected chi connectivity index (χ2v) is 6.05. The third-order valence-electron chi connectivity index (χ3n) is 2.68. The van der Waals surface area contributed by atoms with Crippen molar-refractivity contribution in [1.29, 1.82) is 0 Å². The van der Waals surface area contributed by atoms with E-state index >= 15 is 0 Å². The summed E-state index contributed by atoms with van der Waals surface area (Å²) in [7, 11) is 0. The predicted octanol–water partition coefficient (Wildman–Crippen LogP) is 2.95. The first-order valence-electron chi connectivity index (χ1n) is 6.29. The Balaban J connectivity index is 1.96. The average molecular weight is 315 g/mol. The van der Waals surface area contributed by atoms with Gasteiger partial charge in [0.15, 0.2) is 11.5 Å². The number of nitrogens with zero attached hydrogens (tertiary/aromatic N) is 1. The standard InChI is InChI=1S/C13H15ClN2O3S/c1-2-3-8(17)7-15-13(18)9-6-10(19-16-9)11-4-5-12(14)20-11/h4-6,8,17H,2-3,7H2,1H3,(H,15,18). The number of hydrogen-bond donors (Lipinski definition) is 2. The van der Waals surface area contributed by atoms with Crippen LogP contribution < -0.4 is 5.32 Å². The molecule has 108 valence electrons. The van der Waals surface area contributed by atoms with Crippen LogP contribution in [0.1, 0.15) is 30.3 Å². The van der Waals surface area contributed by atoms with Crippen molar-refractivity contribution in [2.24, 2.45) is 0 Å². The summed E-state index contributed by atoms with van der Waals surface area (Å²) < 4.78 is 5.76. The van der Waals surface area contributed by atoms with Crippen LogP contribution in [0.3, 0.4) is 0 Å². The molecule has 7 heteroatoms. The van der Waals surface area contributed by atoms with Gasteiger partial charge in [0, 0.05) is 12.6 Å². The highest BCUT2D eigenvalue weighted by Crippen LogP contribution is 2.31. The third kappa shape index (κ3) is 3.82. The second kappa shape index (κ2) is 6.88. The van der Waals surface area contributed by atoms with Gasteiger partial charge in [0.05, 0.1) is 15.3 Å². The maximum Gasteiger partial charge on any atom is 0.273 e. The Morgan fingerprint density at radius 2 is 2.40 bits per heavy atom. The van der Waals surface area contributed by atoms with Gasteiger partial charge in [-0.3, -0.25) is 4.79 Å². The van der Waals surface area contributed by atoms with Crippen molar-refractivity contribution in [3.8, 4) is 10.6 Å². The van der Waals surface area contributed by atoms with Crippen LogP contribution in [0.4, 0.5) is 0 Å². The molecule has 2 rings (SSSR count). The number of carbonyl (C=O) groups excluding carboxylic acids is 1. The molecule has 1 amide bonds. The number of nitrogens with one attached hydrogen (secondary N) is 1. The van der Waals surface area contributed by atoms with E-state index in [1.165, 1.54) is 11.3 Å². The summed E-state index contributed by atoms with van der Waals surface area (Å²) in [6.07, 6.45) is 0.980. The van der Waals surface area contributed by atoms with Crippen LogP contribution >= 0.6 is 22.9 Å². The Kier molecular flexibility index (Phi) is 5.17. The summed E-state index contributed by atoms with van der Waals surface area (Å²) in [4.78, 5) is 12.6. The normalized spacial score (nSPS) is 12.3. The number of aromatic nitrogens is 1. The van der Waals surface area contributed by atoms with Crippen LogP contribution in [-0.2, 0) is 0 Å². The van der Waals surface area contributed by atoms with Crippen molar-refractivity contribution >= 4 is 28.8 Å². The van der Waals surface area contributed by atoms with E-state index in [4.69, 9.17) is 16.1 Å². The quantitative estimate of drug-likeness (QED) is 0.859. The van der Waals surface area contributed by atoms with Gasteiger partial charge < -0.3 is 14.9 Å². The summed E-state index contributed by atoms with van der Waals surface area (Å²) >= 11 is 7.19. The van der Waals surface area contributed by atoms with E-state index in [-0.39, 0.29) is 18.1 Å². The first-order chi connectivity index (χ1) is 9.60. The van der Waals surface area contributed by atoms with Gasteiger partial charge in [0.25, 0.3) is 5.91 Å². The number of thiophene rings is 1. The molecule has 5 nitrogen and oxygen atoms in total. The Hall–Kier alpha value is -1.37. The van der Waals surface area contributed by atoms with Gasteiger partial charge in [0.2, 0.25) is 0 Å². The molecule has 0 radical (unpaired) electrons. The molecule has 0 aliphatic rings. The summed E-state index contributed by atoms with van der Waals surface area (Å²) in [6.45, 7) is 2.18. The van der Waals surface area contributed by atoms with Gasteiger partial charge in [-0.05, 0) is 18.6 Å². The lowest BCUT2D eigenvalue weighted by molar-refractivity contribution is 0.0901. The minimum Gasteiger partial charge on any atom is -0.391 e. The minimum atomic E-state index is -0.536. The zero-order chi connectivity index (χ0) is 14.5. The van der Waals surface area contributed by atoms with E-state index in [0.717, 1.165) is 11.3 Å². The van der Waals surface area contributed by atoms with Crippen molar-refractivity contribution in [3.63, 3.8) is 0 Å². The topological polar surface area (TPSA) is 75.4 Å². The van der Waals surface area contributed by atoms with Crippen LogP contribution in [0, 0.1) is 0 Å². The Labute approximate surface area is 125 Å². The average Bonchev–Trinajstić information content (AvgIpc) is 3.04. The van der Waals surface area contributed by atoms with E-state index in [9.17, 15) is 9.90 Å². The molecule has 2 N–H and O–H groups in total. The predicted molar refractivity (Wildman–Crippen MR) is 78.1 cm³/mol. The number of rotatable bonds is 6. The van der Waals surface area contributed by atoms with E-state index in [0.29, 0.717) is 16.5 Å². The molecule has 2 aromatic rings. The molecule has 1 atom stereocenters. The van der Waals surface area contributed by atoms with Gasteiger partial charge in [-0.15, -0.1) is 11.3 Å². The fraction of sp³-hybridized carbons (Fsp3) is 0.385. The smallest absolute Gasteiger partial charge is 0.273 e. The first kappa shape index (κ1) is 15.0. The van der Waals surface area contributed by atoms with E-state index < -0.39 is 6.10 Å². The Morgan fingerprint density at radius 1 is 1.60 bits per heavy atom. The first-order valence-corrected chi connectivity index (χ1v) is 7.48. The molecule has 20 heavy (non-hydrogen) atoms. The Morgan fingerprint density at radius 3 is 3.05 bits per heavy atom. The molecule has 2 heterocycles. The second-order valence-electron chi connectivity index (χ2n) is 4.33. The van der Waals surface area contributed by atoms with Crippen molar-refractivity contribution in [2.45, 2.75) is 25.9 Å². The maximum absolute atomic E-state index is 11.8. The van der Waals surface area contributed by atoms with Gasteiger partial charge in [-0.25, -0.2) is 0 Å². The molecule has 0 saturated carbocycles. The highest BCUT2D eigenvalue weighted by atomic mass is 35.5. The molecule has 0 aliphatic heterocycles. The molecular formula is C13H15ClN2O3S. The van der Waals surface area contributed by atoms with Crippen LogP contribution in [-0.4, -0.2) is 28.8 Å². The van der Waals surface area contributed by atoms with Crippen molar-refractivity contribution in [3.05, 3.63) is 28.2 Å². The van der Waals surface area contributed by atoms with E-state index in [2.05, 4.69) is 10.5 Å². The molecule has 2 aromatic heterocycles. The van der Waals surface area contributed by atoms with E-state index in [1.54, 1.807) is 18.2 Å². The van der Waals surface area contributed by atoms with Gasteiger partial charge >= 0.3 is 0 Å². The van der Waals surface area contributed by atoms with Gasteiger partial charge in [0.1, 0.15) is 0 Å². The fourth-order valence-corrected chi connectivity index (χ4v) is 2.67. The summed E-state index contributed by atoms with van der Waals surface area (Å²) in [5.41, 5.74) is 0.188. The highest BCUT2D eigenvalue weighted by molar-refractivity contribution is 7.19. The third-order valence-corrected chi connectivity index (χ3v) is 3.92. The molecule has 0 spiro atoms. The number of halogens is 1. The fourth-order valence-electron chi connectivity index (χ4n) is 1.68. The molecule has 0 fully saturated rings. The zero-order valence-electron chi connectivity index (χ0n) is 10.9. The molecule has 1 unspecified atom stereocenters. The molecule has 0 aromatic carbocycles. The van der Waals surface area contributed by atoms with Crippen LogP contribution in [0.5, 0.6) is 0 Å². The highest BCUT2D eigenvalue weighted by Gasteiger charge is 2.15. The Bertz CT molecular complexity index is 582. The lowest BCUT2D eigenvalue weighted by Crippen LogP contribution is -2.32. The van der Waals surface area contributed by atoms with Gasteiger partial charge in [-0.1, -0.05) is 30.1 Å². The van der Waals surface area contributed by atoms with Crippen molar-refractivity contribution in [1.82, 2.24) is 10.5 Å². The monoisotopic (exact) mass is 314 g/mol. The molecule has 0 bridgehead atoms. The van der Waals surface area contributed by atoms with E-state index in [1.807, 2.05) is 6.92 Å². The lowest BCUT2D eigenvalue weighted by atomic mass is 10.2. The summed E-state index contributed by atoms with van der Waals surface area (Å²) in [5, 5.41) is 15.9. The summed E-state index contributed by atoms with van der Waals surface area (Å²) in [6, 6.07) is 5.12. The maximum atomic E-state index is 11.8. The number of hydrogen-bond acceptors (Lipinski definition) is 5.